The van der Waals surface area contributed by atoms with Gasteiger partial charge in [0.05, 0.1) is 11.5 Å². The Hall–Kier alpha value is -2.73. The van der Waals surface area contributed by atoms with Gasteiger partial charge in [-0.3, -0.25) is 9.59 Å². The number of aliphatic carboxylic acids is 1. The zero-order valence-corrected chi connectivity index (χ0v) is 14.7. The summed E-state index contributed by atoms with van der Waals surface area (Å²) >= 11 is 0. The molecule has 0 heterocycles. The third-order valence-electron chi connectivity index (χ3n) is 4.29. The number of halogens is 1. The van der Waals surface area contributed by atoms with Crippen LogP contribution in [0, 0.1) is 5.82 Å². The largest absolute Gasteiger partial charge is 0.481 e. The molecule has 138 valence electrons. The standard InChI is InChI=1S/C20H22FNO4/c1-20(2,19(25)26)15-7-5-14(6-8-15)18(24)22-12-17(23)11-13-3-9-16(21)10-4-13/h3-10,17,23H,11-12H2,1-2H3,(H,22,24)(H,25,26). The molecule has 0 aliphatic carbocycles. The molecule has 1 atom stereocenters. The Balaban J connectivity index is 1.91. The Labute approximate surface area is 151 Å². The van der Waals surface area contributed by atoms with Gasteiger partial charge >= 0.3 is 5.97 Å². The van der Waals surface area contributed by atoms with Crippen LogP contribution in [-0.2, 0) is 16.6 Å². The van der Waals surface area contributed by atoms with Crippen LogP contribution in [0.3, 0.4) is 0 Å². The second-order valence-electron chi connectivity index (χ2n) is 6.70. The van der Waals surface area contributed by atoms with E-state index in [1.165, 1.54) is 12.1 Å². The fourth-order valence-electron chi connectivity index (χ4n) is 2.44. The summed E-state index contributed by atoms with van der Waals surface area (Å²) in [7, 11) is 0. The Morgan fingerprint density at radius 1 is 1.08 bits per heavy atom. The Bertz CT molecular complexity index is 769. The van der Waals surface area contributed by atoms with E-state index in [1.54, 1.807) is 50.2 Å². The number of rotatable bonds is 7. The van der Waals surface area contributed by atoms with Crippen LogP contribution in [0.2, 0.25) is 0 Å². The highest BCUT2D eigenvalue weighted by molar-refractivity contribution is 5.94. The fraction of sp³-hybridized carbons (Fsp3) is 0.300. The minimum atomic E-state index is -1.04. The second kappa shape index (κ2) is 8.10. The summed E-state index contributed by atoms with van der Waals surface area (Å²) in [4.78, 5) is 23.4. The van der Waals surface area contributed by atoms with Crippen LogP contribution in [0.4, 0.5) is 4.39 Å². The van der Waals surface area contributed by atoms with Gasteiger partial charge < -0.3 is 15.5 Å². The van der Waals surface area contributed by atoms with Crippen molar-refractivity contribution in [1.82, 2.24) is 5.32 Å². The number of hydrogen-bond acceptors (Lipinski definition) is 3. The van der Waals surface area contributed by atoms with Crippen LogP contribution in [0.5, 0.6) is 0 Å². The van der Waals surface area contributed by atoms with E-state index < -0.39 is 17.5 Å². The van der Waals surface area contributed by atoms with E-state index in [0.29, 0.717) is 17.5 Å². The quantitative estimate of drug-likeness (QED) is 0.709. The average molecular weight is 359 g/mol. The molecule has 0 aliphatic rings. The molecule has 0 bridgehead atoms. The molecule has 1 amide bonds. The monoisotopic (exact) mass is 359 g/mol. The molecule has 3 N–H and O–H groups in total. The highest BCUT2D eigenvalue weighted by Gasteiger charge is 2.29. The van der Waals surface area contributed by atoms with Crippen LogP contribution in [0.25, 0.3) is 0 Å². The first-order valence-electron chi connectivity index (χ1n) is 8.25. The second-order valence-corrected chi connectivity index (χ2v) is 6.70. The van der Waals surface area contributed by atoms with Gasteiger partial charge in [0, 0.05) is 18.5 Å². The number of amides is 1. The van der Waals surface area contributed by atoms with Gasteiger partial charge in [-0.1, -0.05) is 24.3 Å². The highest BCUT2D eigenvalue weighted by atomic mass is 19.1. The summed E-state index contributed by atoms with van der Waals surface area (Å²) in [6, 6.07) is 12.1. The summed E-state index contributed by atoms with van der Waals surface area (Å²) in [5, 5.41) is 21.9. The van der Waals surface area contributed by atoms with Gasteiger partial charge in [-0.15, -0.1) is 0 Å². The minimum absolute atomic E-state index is 0.0541. The molecule has 0 saturated heterocycles. The Morgan fingerprint density at radius 3 is 2.19 bits per heavy atom. The fourth-order valence-corrected chi connectivity index (χ4v) is 2.44. The number of aliphatic hydroxyl groups excluding tert-OH is 1. The molecule has 0 aromatic heterocycles. The predicted molar refractivity (Wildman–Crippen MR) is 95.5 cm³/mol. The zero-order chi connectivity index (χ0) is 19.3. The van der Waals surface area contributed by atoms with Gasteiger partial charge in [-0.05, 0) is 49.2 Å². The van der Waals surface area contributed by atoms with Crippen LogP contribution < -0.4 is 5.32 Å². The van der Waals surface area contributed by atoms with Crippen molar-refractivity contribution < 1.29 is 24.2 Å². The normalized spacial score (nSPS) is 12.5. The molecule has 0 spiro atoms. The first kappa shape index (κ1) is 19.6. The lowest BCUT2D eigenvalue weighted by atomic mass is 9.84. The van der Waals surface area contributed by atoms with Gasteiger partial charge in [0.1, 0.15) is 5.82 Å². The third kappa shape index (κ3) is 4.89. The summed E-state index contributed by atoms with van der Waals surface area (Å²) in [5.41, 5.74) is 0.704. The van der Waals surface area contributed by atoms with Crippen molar-refractivity contribution in [2.45, 2.75) is 31.8 Å². The van der Waals surface area contributed by atoms with E-state index in [4.69, 9.17) is 0 Å². The van der Waals surface area contributed by atoms with Crippen molar-refractivity contribution >= 4 is 11.9 Å². The number of nitrogens with one attached hydrogen (secondary N) is 1. The van der Waals surface area contributed by atoms with E-state index in [9.17, 15) is 24.2 Å². The molecule has 0 saturated carbocycles. The Kier molecular flexibility index (Phi) is 6.10. The van der Waals surface area contributed by atoms with Gasteiger partial charge in [0.25, 0.3) is 5.91 Å². The van der Waals surface area contributed by atoms with Crippen molar-refractivity contribution in [2.24, 2.45) is 0 Å². The first-order chi connectivity index (χ1) is 12.2. The Morgan fingerprint density at radius 2 is 1.65 bits per heavy atom. The summed E-state index contributed by atoms with van der Waals surface area (Å²) in [6.45, 7) is 3.24. The first-order valence-corrected chi connectivity index (χ1v) is 8.25. The van der Waals surface area contributed by atoms with E-state index in [0.717, 1.165) is 5.56 Å². The van der Waals surface area contributed by atoms with Crippen molar-refractivity contribution in [1.29, 1.82) is 0 Å². The number of benzene rings is 2. The molecular formula is C20H22FNO4. The molecular weight excluding hydrogens is 337 g/mol. The lowest BCUT2D eigenvalue weighted by Crippen LogP contribution is -2.33. The maximum atomic E-state index is 12.9. The topological polar surface area (TPSA) is 86.6 Å². The summed E-state index contributed by atoms with van der Waals surface area (Å²) < 4.78 is 12.9. The minimum Gasteiger partial charge on any atom is -0.481 e. The van der Waals surface area contributed by atoms with Crippen LogP contribution in [0.15, 0.2) is 48.5 Å². The van der Waals surface area contributed by atoms with Crippen LogP contribution >= 0.6 is 0 Å². The lowest BCUT2D eigenvalue weighted by molar-refractivity contribution is -0.142. The van der Waals surface area contributed by atoms with Crippen LogP contribution in [-0.4, -0.2) is 34.7 Å². The average Bonchev–Trinajstić information content (AvgIpc) is 2.61. The van der Waals surface area contributed by atoms with Crippen molar-refractivity contribution in [3.63, 3.8) is 0 Å². The number of carbonyl (C=O) groups excluding carboxylic acids is 1. The van der Waals surface area contributed by atoms with Gasteiger partial charge in [-0.2, -0.15) is 0 Å². The highest BCUT2D eigenvalue weighted by Crippen LogP contribution is 2.23. The van der Waals surface area contributed by atoms with E-state index in [-0.39, 0.29) is 18.3 Å². The lowest BCUT2D eigenvalue weighted by Gasteiger charge is -2.19. The number of hydrogen-bond donors (Lipinski definition) is 3. The number of carboxylic acids is 1. The molecule has 0 aliphatic heterocycles. The molecule has 1 unspecified atom stereocenters. The molecule has 26 heavy (non-hydrogen) atoms. The molecule has 2 aromatic rings. The predicted octanol–water partition coefficient (Wildman–Crippen LogP) is 2.52. The maximum Gasteiger partial charge on any atom is 0.313 e. The van der Waals surface area contributed by atoms with E-state index in [1.807, 2.05) is 0 Å². The van der Waals surface area contributed by atoms with Crippen molar-refractivity contribution in [3.05, 3.63) is 71.0 Å². The number of aliphatic hydroxyl groups is 1. The molecule has 0 radical (unpaired) electrons. The smallest absolute Gasteiger partial charge is 0.313 e. The van der Waals surface area contributed by atoms with E-state index >= 15 is 0 Å². The third-order valence-corrected chi connectivity index (χ3v) is 4.29. The van der Waals surface area contributed by atoms with Gasteiger partial charge in [0.15, 0.2) is 0 Å². The molecule has 2 aromatic carbocycles. The van der Waals surface area contributed by atoms with Crippen LogP contribution in [0.1, 0.15) is 35.3 Å². The number of carboxylic acid groups (broad SMARTS) is 1. The SMILES string of the molecule is CC(C)(C(=O)O)c1ccc(C(=O)NCC(O)Cc2ccc(F)cc2)cc1. The van der Waals surface area contributed by atoms with Gasteiger partial charge in [0.2, 0.25) is 0 Å². The van der Waals surface area contributed by atoms with Crippen molar-refractivity contribution in [2.75, 3.05) is 6.54 Å². The number of carbonyl (C=O) groups is 2. The summed E-state index contributed by atoms with van der Waals surface area (Å²) in [5.74, 6) is -1.65. The summed E-state index contributed by atoms with van der Waals surface area (Å²) in [6.07, 6.45) is -0.499. The molecule has 2 rings (SSSR count). The maximum absolute atomic E-state index is 12.9. The molecule has 0 fully saturated rings. The zero-order valence-electron chi connectivity index (χ0n) is 14.7. The molecule has 5 nitrogen and oxygen atoms in total. The van der Waals surface area contributed by atoms with Crippen molar-refractivity contribution in [3.8, 4) is 0 Å². The van der Waals surface area contributed by atoms with E-state index in [2.05, 4.69) is 5.32 Å². The molecule has 6 heteroatoms. The van der Waals surface area contributed by atoms with Gasteiger partial charge in [-0.25, -0.2) is 4.39 Å².